The molecule has 90 valence electrons. The Labute approximate surface area is 106 Å². The van der Waals surface area contributed by atoms with Gasteiger partial charge in [-0.2, -0.15) is 0 Å². The van der Waals surface area contributed by atoms with Gasteiger partial charge in [0.1, 0.15) is 4.88 Å². The van der Waals surface area contributed by atoms with Crippen LogP contribution in [0.5, 0.6) is 5.75 Å². The summed E-state index contributed by atoms with van der Waals surface area (Å²) in [6.07, 6.45) is 0. The molecule has 2 rings (SSSR count). The minimum absolute atomic E-state index is 0.117. The summed E-state index contributed by atoms with van der Waals surface area (Å²) in [6.45, 7) is 0. The van der Waals surface area contributed by atoms with Gasteiger partial charge in [0.05, 0.1) is 23.9 Å². The third-order valence-corrected chi connectivity index (χ3v) is 3.98. The van der Waals surface area contributed by atoms with E-state index in [1.807, 2.05) is 0 Å². The first-order chi connectivity index (χ1) is 8.10. The highest BCUT2D eigenvalue weighted by molar-refractivity contribution is 7.21. The average Bonchev–Trinajstić information content (AvgIpc) is 2.68. The summed E-state index contributed by atoms with van der Waals surface area (Å²) < 4.78 is 23.6. The van der Waals surface area contributed by atoms with Crippen LogP contribution in [0.1, 0.15) is 9.67 Å². The van der Waals surface area contributed by atoms with E-state index in [-0.39, 0.29) is 20.3 Å². The van der Waals surface area contributed by atoms with Gasteiger partial charge >= 0.3 is 5.97 Å². The summed E-state index contributed by atoms with van der Waals surface area (Å²) in [7, 11) is 2.63. The molecule has 1 heterocycles. The van der Waals surface area contributed by atoms with Gasteiger partial charge in [0.2, 0.25) is 0 Å². The fourth-order valence-corrected chi connectivity index (χ4v) is 2.91. The molecule has 0 radical (unpaired) electrons. The van der Waals surface area contributed by atoms with Crippen molar-refractivity contribution in [1.82, 2.24) is 0 Å². The second-order valence-corrected chi connectivity index (χ2v) is 4.59. The minimum atomic E-state index is -0.574. The lowest BCUT2D eigenvalue weighted by molar-refractivity contribution is 0.0606. The predicted octanol–water partition coefficient (Wildman–Crippen LogP) is 3.49. The van der Waals surface area contributed by atoms with Crippen LogP contribution in [0.3, 0.4) is 0 Å². The molecule has 17 heavy (non-hydrogen) atoms. The molecule has 0 fully saturated rings. The lowest BCUT2D eigenvalue weighted by atomic mass is 10.2. The quantitative estimate of drug-likeness (QED) is 0.787. The lowest BCUT2D eigenvalue weighted by Crippen LogP contribution is -1.97. The molecule has 1 aromatic carbocycles. The number of halogens is 2. The van der Waals surface area contributed by atoms with Crippen LogP contribution in [0.4, 0.5) is 4.39 Å². The van der Waals surface area contributed by atoms with Crippen molar-refractivity contribution in [2.75, 3.05) is 14.2 Å². The highest BCUT2D eigenvalue weighted by Crippen LogP contribution is 2.39. The first kappa shape index (κ1) is 12.1. The van der Waals surface area contributed by atoms with Gasteiger partial charge < -0.3 is 9.47 Å². The van der Waals surface area contributed by atoms with Gasteiger partial charge in [-0.15, -0.1) is 11.3 Å². The van der Waals surface area contributed by atoms with Gasteiger partial charge in [-0.1, -0.05) is 11.6 Å². The molecule has 0 N–H and O–H groups in total. The number of hydrogen-bond acceptors (Lipinski definition) is 4. The summed E-state index contributed by atoms with van der Waals surface area (Å²) >= 11 is 6.95. The van der Waals surface area contributed by atoms with Crippen LogP contribution < -0.4 is 4.74 Å². The molecule has 0 bridgehead atoms. The zero-order chi connectivity index (χ0) is 12.6. The first-order valence-corrected chi connectivity index (χ1v) is 5.82. The van der Waals surface area contributed by atoms with Gasteiger partial charge in [-0.3, -0.25) is 0 Å². The highest BCUT2D eigenvalue weighted by atomic mass is 35.5. The predicted molar refractivity (Wildman–Crippen MR) is 64.7 cm³/mol. The molecule has 1 aromatic heterocycles. The van der Waals surface area contributed by atoms with Crippen LogP contribution in [-0.2, 0) is 4.74 Å². The third-order valence-electron chi connectivity index (χ3n) is 2.29. The van der Waals surface area contributed by atoms with E-state index in [1.54, 1.807) is 6.07 Å². The molecule has 6 heteroatoms. The van der Waals surface area contributed by atoms with Crippen LogP contribution in [0.15, 0.2) is 12.1 Å². The second kappa shape index (κ2) is 4.50. The van der Waals surface area contributed by atoms with Crippen molar-refractivity contribution in [3.63, 3.8) is 0 Å². The monoisotopic (exact) mass is 274 g/mol. The fourth-order valence-electron chi connectivity index (χ4n) is 1.46. The van der Waals surface area contributed by atoms with Crippen molar-refractivity contribution in [1.29, 1.82) is 0 Å². The van der Waals surface area contributed by atoms with Gasteiger partial charge in [-0.25, -0.2) is 9.18 Å². The number of hydrogen-bond donors (Lipinski definition) is 0. The maximum Gasteiger partial charge on any atom is 0.349 e. The Kier molecular flexibility index (Phi) is 3.22. The number of methoxy groups -OCH3 is 2. The number of fused-ring (bicyclic) bond motifs is 1. The average molecular weight is 275 g/mol. The molecular weight excluding hydrogens is 267 g/mol. The molecule has 0 atom stereocenters. The number of carbonyl (C=O) groups excluding carboxylic acids is 1. The molecule has 0 amide bonds. The van der Waals surface area contributed by atoms with Crippen molar-refractivity contribution in [3.8, 4) is 5.75 Å². The topological polar surface area (TPSA) is 35.5 Å². The van der Waals surface area contributed by atoms with E-state index in [0.717, 1.165) is 11.3 Å². The van der Waals surface area contributed by atoms with Crippen LogP contribution >= 0.6 is 22.9 Å². The molecule has 0 saturated heterocycles. The Hall–Kier alpha value is -1.33. The van der Waals surface area contributed by atoms with E-state index in [0.29, 0.717) is 5.39 Å². The smallest absolute Gasteiger partial charge is 0.349 e. The summed E-state index contributed by atoms with van der Waals surface area (Å²) in [5, 5.41) is 0.689. The number of ether oxygens (including phenoxy) is 2. The van der Waals surface area contributed by atoms with Crippen molar-refractivity contribution in [2.24, 2.45) is 0 Å². The number of rotatable bonds is 2. The zero-order valence-corrected chi connectivity index (χ0v) is 10.6. The van der Waals surface area contributed by atoms with E-state index < -0.39 is 11.8 Å². The molecule has 0 aliphatic rings. The number of benzene rings is 1. The Morgan fingerprint density at radius 3 is 2.71 bits per heavy atom. The zero-order valence-electron chi connectivity index (χ0n) is 9.04. The summed E-state index contributed by atoms with van der Waals surface area (Å²) in [4.78, 5) is 11.6. The van der Waals surface area contributed by atoms with E-state index in [9.17, 15) is 9.18 Å². The normalized spacial score (nSPS) is 10.6. The van der Waals surface area contributed by atoms with E-state index in [4.69, 9.17) is 16.3 Å². The Bertz CT molecular complexity index is 594. The maximum absolute atomic E-state index is 13.9. The van der Waals surface area contributed by atoms with Gasteiger partial charge in [0.15, 0.2) is 11.6 Å². The van der Waals surface area contributed by atoms with Crippen molar-refractivity contribution < 1.29 is 18.7 Å². The van der Waals surface area contributed by atoms with E-state index >= 15 is 0 Å². The third kappa shape index (κ3) is 1.85. The molecular formula is C11H8ClFO3S. The largest absolute Gasteiger partial charge is 0.494 e. The van der Waals surface area contributed by atoms with Crippen molar-refractivity contribution in [3.05, 3.63) is 27.8 Å². The number of carbonyl (C=O) groups is 1. The van der Waals surface area contributed by atoms with Crippen LogP contribution in [0, 0.1) is 5.82 Å². The van der Waals surface area contributed by atoms with Gasteiger partial charge in [0, 0.05) is 5.39 Å². The Morgan fingerprint density at radius 1 is 1.41 bits per heavy atom. The highest BCUT2D eigenvalue weighted by Gasteiger charge is 2.21. The summed E-state index contributed by atoms with van der Waals surface area (Å²) in [5.41, 5.74) is 0. The van der Waals surface area contributed by atoms with Crippen molar-refractivity contribution >= 4 is 39.0 Å². The molecule has 2 aromatic rings. The Morgan fingerprint density at radius 2 is 2.12 bits per heavy atom. The van der Waals surface area contributed by atoms with E-state index in [2.05, 4.69) is 4.74 Å². The van der Waals surface area contributed by atoms with Crippen molar-refractivity contribution in [2.45, 2.75) is 0 Å². The SMILES string of the molecule is COC(=O)c1sc2c(F)c(OC)ccc2c1Cl. The van der Waals surface area contributed by atoms with Crippen LogP contribution in [0.25, 0.3) is 10.1 Å². The fraction of sp³-hybridized carbons (Fsp3) is 0.182. The standard InChI is InChI=1S/C11H8ClFO3S/c1-15-6-4-3-5-7(12)10(11(14)16-2)17-9(5)8(6)13/h3-4H,1-2H3. The second-order valence-electron chi connectivity index (χ2n) is 3.20. The minimum Gasteiger partial charge on any atom is -0.494 e. The molecule has 3 nitrogen and oxygen atoms in total. The van der Waals surface area contributed by atoms with Crippen LogP contribution in [0.2, 0.25) is 5.02 Å². The van der Waals surface area contributed by atoms with Crippen LogP contribution in [-0.4, -0.2) is 20.2 Å². The summed E-state index contributed by atoms with van der Waals surface area (Å²) in [6, 6.07) is 3.08. The number of esters is 1. The maximum atomic E-state index is 13.9. The summed E-state index contributed by atoms with van der Waals surface area (Å²) in [5.74, 6) is -0.978. The Balaban J connectivity index is 2.73. The molecule has 0 saturated carbocycles. The molecule has 0 spiro atoms. The van der Waals surface area contributed by atoms with Gasteiger partial charge in [-0.05, 0) is 12.1 Å². The van der Waals surface area contributed by atoms with Gasteiger partial charge in [0.25, 0.3) is 0 Å². The molecule has 0 aliphatic carbocycles. The first-order valence-electron chi connectivity index (χ1n) is 4.63. The number of thiophene rings is 1. The molecule has 0 unspecified atom stereocenters. The van der Waals surface area contributed by atoms with E-state index in [1.165, 1.54) is 20.3 Å². The molecule has 0 aliphatic heterocycles. The lowest BCUT2D eigenvalue weighted by Gasteiger charge is -2.01.